The average Bonchev–Trinajstić information content (AvgIpc) is 3.64. The minimum atomic E-state index is -0.210. The van der Waals surface area contributed by atoms with E-state index >= 15 is 0 Å². The van der Waals surface area contributed by atoms with Crippen molar-refractivity contribution in [2.45, 2.75) is 6.92 Å². The number of carbonyl (C=O) groups excluding carboxylic acids is 1. The van der Waals surface area contributed by atoms with Crippen molar-refractivity contribution >= 4 is 23.1 Å². The fourth-order valence-corrected chi connectivity index (χ4v) is 4.71. The van der Waals surface area contributed by atoms with E-state index in [2.05, 4.69) is 10.4 Å². The molecule has 0 aliphatic carbocycles. The summed E-state index contributed by atoms with van der Waals surface area (Å²) in [4.78, 5) is 17.7. The number of fused-ring (bicyclic) bond motifs is 1. The Morgan fingerprint density at radius 3 is 2.49 bits per heavy atom. The van der Waals surface area contributed by atoms with Gasteiger partial charge in [0.15, 0.2) is 11.5 Å². The summed E-state index contributed by atoms with van der Waals surface area (Å²) in [6.45, 7) is 2.11. The number of benzene rings is 3. The van der Waals surface area contributed by atoms with Gasteiger partial charge in [-0.15, -0.1) is 11.3 Å². The number of aromatic nitrogens is 3. The van der Waals surface area contributed by atoms with Crippen LogP contribution in [0.15, 0.2) is 84.2 Å². The van der Waals surface area contributed by atoms with Gasteiger partial charge in [0.05, 0.1) is 11.4 Å². The van der Waals surface area contributed by atoms with Crippen LogP contribution in [0.4, 0.5) is 5.82 Å². The molecule has 8 heteroatoms. The van der Waals surface area contributed by atoms with Crippen molar-refractivity contribution in [3.05, 3.63) is 95.5 Å². The Hall–Kier alpha value is -4.43. The van der Waals surface area contributed by atoms with E-state index in [4.69, 9.17) is 14.5 Å². The number of ether oxygens (including phenoxy) is 2. The summed E-state index contributed by atoms with van der Waals surface area (Å²) in [7, 11) is 0. The van der Waals surface area contributed by atoms with Crippen molar-refractivity contribution in [2.24, 2.45) is 0 Å². The highest BCUT2D eigenvalue weighted by molar-refractivity contribution is 7.12. The minimum absolute atomic E-state index is 0.210. The first kappa shape index (κ1) is 21.1. The maximum atomic E-state index is 13.0. The molecule has 0 bridgehead atoms. The number of rotatable bonds is 5. The van der Waals surface area contributed by atoms with Crippen molar-refractivity contribution in [2.75, 3.05) is 12.1 Å². The zero-order chi connectivity index (χ0) is 23.8. The second kappa shape index (κ2) is 8.73. The fourth-order valence-electron chi connectivity index (χ4n) is 3.92. The van der Waals surface area contributed by atoms with Gasteiger partial charge in [-0.2, -0.15) is 9.78 Å². The molecule has 0 spiro atoms. The van der Waals surface area contributed by atoms with Gasteiger partial charge < -0.3 is 14.8 Å². The summed E-state index contributed by atoms with van der Waals surface area (Å²) in [6.07, 6.45) is 0. The van der Waals surface area contributed by atoms with Crippen molar-refractivity contribution in [3.8, 4) is 39.0 Å². The second-order valence-electron chi connectivity index (χ2n) is 8.06. The maximum absolute atomic E-state index is 13.0. The van der Waals surface area contributed by atoms with Gasteiger partial charge in [0.25, 0.3) is 5.91 Å². The highest BCUT2D eigenvalue weighted by Crippen LogP contribution is 2.36. The summed E-state index contributed by atoms with van der Waals surface area (Å²) in [5, 5.41) is 10.1. The van der Waals surface area contributed by atoms with E-state index in [9.17, 15) is 4.79 Å². The lowest BCUT2D eigenvalue weighted by Crippen LogP contribution is -2.15. The van der Waals surface area contributed by atoms with Crippen molar-refractivity contribution in [1.29, 1.82) is 0 Å². The fraction of sp³-hybridized carbons (Fsp3) is 0.0741. The third-order valence-electron chi connectivity index (χ3n) is 5.67. The van der Waals surface area contributed by atoms with Crippen LogP contribution in [0.3, 0.4) is 0 Å². The minimum Gasteiger partial charge on any atom is -0.454 e. The number of hydrogen-bond acceptors (Lipinski definition) is 6. The molecule has 1 aliphatic heterocycles. The van der Waals surface area contributed by atoms with E-state index in [-0.39, 0.29) is 12.7 Å². The molecular formula is C27H20N4O3S. The van der Waals surface area contributed by atoms with E-state index in [1.165, 1.54) is 11.3 Å². The summed E-state index contributed by atoms with van der Waals surface area (Å²) in [5.41, 5.74) is 5.22. The normalized spacial score (nSPS) is 12.0. The SMILES string of the molecule is Cc1cc(NC(=O)c2ccc(-c3ccccc3)cc2)n(-c2nc(-c3ccc4c(c3)OCO4)cs2)n1. The largest absolute Gasteiger partial charge is 0.454 e. The Kier molecular flexibility index (Phi) is 5.27. The Bertz CT molecular complexity index is 1520. The van der Waals surface area contributed by atoms with Crippen LogP contribution in [0.1, 0.15) is 16.1 Å². The van der Waals surface area contributed by atoms with Crippen LogP contribution in [0.5, 0.6) is 11.5 Å². The molecule has 0 fully saturated rings. The number of carbonyl (C=O) groups is 1. The van der Waals surface area contributed by atoms with Gasteiger partial charge in [0.1, 0.15) is 5.82 Å². The van der Waals surface area contributed by atoms with Crippen LogP contribution >= 0.6 is 11.3 Å². The molecule has 0 atom stereocenters. The van der Waals surface area contributed by atoms with Crippen molar-refractivity contribution < 1.29 is 14.3 Å². The summed E-state index contributed by atoms with van der Waals surface area (Å²) in [6, 6.07) is 25.2. The molecule has 1 amide bonds. The molecule has 0 saturated carbocycles. The number of hydrogen-bond donors (Lipinski definition) is 1. The van der Waals surface area contributed by atoms with Crippen LogP contribution in [0.2, 0.25) is 0 Å². The average molecular weight is 481 g/mol. The van der Waals surface area contributed by atoms with Crippen LogP contribution in [0, 0.1) is 6.92 Å². The number of nitrogens with zero attached hydrogens (tertiary/aromatic N) is 3. The topological polar surface area (TPSA) is 78.3 Å². The Labute approximate surface area is 205 Å². The molecule has 5 aromatic rings. The zero-order valence-corrected chi connectivity index (χ0v) is 19.6. The molecule has 0 radical (unpaired) electrons. The van der Waals surface area contributed by atoms with Crippen molar-refractivity contribution in [1.82, 2.24) is 14.8 Å². The first-order chi connectivity index (χ1) is 17.1. The van der Waals surface area contributed by atoms with Gasteiger partial charge in [0.2, 0.25) is 11.9 Å². The van der Waals surface area contributed by atoms with Gasteiger partial charge >= 0.3 is 0 Å². The lowest BCUT2D eigenvalue weighted by Gasteiger charge is -2.08. The van der Waals surface area contributed by atoms with Gasteiger partial charge in [-0.25, -0.2) is 4.98 Å². The van der Waals surface area contributed by atoms with E-state index in [1.54, 1.807) is 4.68 Å². The molecule has 0 unspecified atom stereocenters. The number of aryl methyl sites for hydroxylation is 1. The van der Waals surface area contributed by atoms with E-state index < -0.39 is 0 Å². The molecule has 2 aromatic heterocycles. The van der Waals surface area contributed by atoms with Crippen LogP contribution in [-0.4, -0.2) is 27.5 Å². The monoisotopic (exact) mass is 480 g/mol. The molecule has 1 aliphatic rings. The number of thiazole rings is 1. The van der Waals surface area contributed by atoms with Gasteiger partial charge in [0, 0.05) is 22.6 Å². The molecule has 7 nitrogen and oxygen atoms in total. The quantitative estimate of drug-likeness (QED) is 0.336. The molecular weight excluding hydrogens is 460 g/mol. The van der Waals surface area contributed by atoms with Crippen LogP contribution in [0.25, 0.3) is 27.5 Å². The molecule has 172 valence electrons. The third kappa shape index (κ3) is 4.15. The van der Waals surface area contributed by atoms with Gasteiger partial charge in [-0.05, 0) is 48.4 Å². The Balaban J connectivity index is 1.23. The molecule has 3 heterocycles. The first-order valence-corrected chi connectivity index (χ1v) is 11.9. The number of anilines is 1. The molecule has 0 saturated heterocycles. The van der Waals surface area contributed by atoms with Crippen LogP contribution < -0.4 is 14.8 Å². The van der Waals surface area contributed by atoms with Gasteiger partial charge in [-0.3, -0.25) is 4.79 Å². The van der Waals surface area contributed by atoms with Crippen molar-refractivity contribution in [3.63, 3.8) is 0 Å². The molecule has 1 N–H and O–H groups in total. The van der Waals surface area contributed by atoms with Gasteiger partial charge in [-0.1, -0.05) is 42.5 Å². The zero-order valence-electron chi connectivity index (χ0n) is 18.8. The standard InChI is InChI=1S/C27H20N4O3S/c1-17-13-25(29-26(32)20-9-7-19(8-10-20)18-5-3-2-4-6-18)31(30-17)27-28-22(15-35-27)21-11-12-23-24(14-21)34-16-33-23/h2-15H,16H2,1H3,(H,29,32). The predicted octanol–water partition coefficient (Wildman–Crippen LogP) is 5.95. The molecule has 35 heavy (non-hydrogen) atoms. The summed E-state index contributed by atoms with van der Waals surface area (Å²) >= 11 is 1.45. The number of amides is 1. The number of nitrogens with one attached hydrogen (secondary N) is 1. The highest BCUT2D eigenvalue weighted by atomic mass is 32.1. The lowest BCUT2D eigenvalue weighted by atomic mass is 10.0. The Morgan fingerprint density at radius 2 is 1.66 bits per heavy atom. The van der Waals surface area contributed by atoms with E-state index in [0.29, 0.717) is 22.3 Å². The highest BCUT2D eigenvalue weighted by Gasteiger charge is 2.18. The first-order valence-electron chi connectivity index (χ1n) is 11.0. The lowest BCUT2D eigenvalue weighted by molar-refractivity contribution is 0.102. The maximum Gasteiger partial charge on any atom is 0.256 e. The summed E-state index contributed by atoms with van der Waals surface area (Å²) in [5.74, 6) is 1.79. The second-order valence-corrected chi connectivity index (χ2v) is 8.90. The van der Waals surface area contributed by atoms with E-state index in [1.807, 2.05) is 91.2 Å². The van der Waals surface area contributed by atoms with Crippen LogP contribution in [-0.2, 0) is 0 Å². The predicted molar refractivity (Wildman–Crippen MR) is 135 cm³/mol. The summed E-state index contributed by atoms with van der Waals surface area (Å²) < 4.78 is 12.5. The van der Waals surface area contributed by atoms with E-state index in [0.717, 1.165) is 33.8 Å². The smallest absolute Gasteiger partial charge is 0.256 e. The third-order valence-corrected chi connectivity index (χ3v) is 6.49. The Morgan fingerprint density at radius 1 is 0.914 bits per heavy atom. The molecule has 3 aromatic carbocycles. The molecule has 6 rings (SSSR count).